The predicted molar refractivity (Wildman–Crippen MR) is 108 cm³/mol. The molecular weight excluding hydrogens is 356 g/mol. The molecule has 3 atom stereocenters. The largest absolute Gasteiger partial charge is 0.348 e. The van der Waals surface area contributed by atoms with Gasteiger partial charge in [0.1, 0.15) is 5.70 Å². The molecule has 1 heterocycles. The minimum absolute atomic E-state index is 0.193. The molecule has 2 N–H and O–H groups in total. The highest BCUT2D eigenvalue weighted by molar-refractivity contribution is 7.10. The summed E-state index contributed by atoms with van der Waals surface area (Å²) in [4.78, 5) is 26.5. The molecule has 5 heteroatoms. The lowest BCUT2D eigenvalue weighted by Gasteiger charge is -2.23. The second-order valence-corrected chi connectivity index (χ2v) is 8.63. The fourth-order valence-corrected chi connectivity index (χ4v) is 4.90. The van der Waals surface area contributed by atoms with Gasteiger partial charge in [0.2, 0.25) is 0 Å². The van der Waals surface area contributed by atoms with Crippen molar-refractivity contribution in [1.29, 1.82) is 0 Å². The van der Waals surface area contributed by atoms with Crippen molar-refractivity contribution in [3.63, 3.8) is 0 Å². The molecule has 0 saturated heterocycles. The fourth-order valence-electron chi connectivity index (χ4n) is 4.24. The van der Waals surface area contributed by atoms with E-state index in [0.717, 1.165) is 22.8 Å². The topological polar surface area (TPSA) is 58.2 Å². The molecule has 27 heavy (non-hydrogen) atoms. The number of amides is 2. The number of hydrogen-bond acceptors (Lipinski definition) is 3. The molecule has 140 valence electrons. The Hall–Kier alpha value is -2.40. The molecule has 2 aliphatic carbocycles. The van der Waals surface area contributed by atoms with Crippen LogP contribution in [0.2, 0.25) is 0 Å². The highest BCUT2D eigenvalue weighted by Crippen LogP contribution is 2.44. The number of thiophene rings is 1. The van der Waals surface area contributed by atoms with Gasteiger partial charge in [0.25, 0.3) is 11.8 Å². The van der Waals surface area contributed by atoms with E-state index in [1.807, 2.05) is 36.6 Å². The van der Waals surface area contributed by atoms with E-state index in [1.54, 1.807) is 29.5 Å². The molecule has 1 aromatic carbocycles. The van der Waals surface area contributed by atoms with E-state index in [-0.39, 0.29) is 17.9 Å². The van der Waals surface area contributed by atoms with Crippen LogP contribution in [0.4, 0.5) is 0 Å². The number of fused-ring (bicyclic) bond motifs is 2. The second-order valence-electron chi connectivity index (χ2n) is 7.65. The van der Waals surface area contributed by atoms with Crippen molar-refractivity contribution in [1.82, 2.24) is 10.6 Å². The van der Waals surface area contributed by atoms with Crippen LogP contribution in [0.1, 0.15) is 46.5 Å². The number of aryl methyl sites for hydroxylation is 1. The van der Waals surface area contributed by atoms with Crippen LogP contribution in [0, 0.1) is 18.8 Å². The van der Waals surface area contributed by atoms with E-state index in [9.17, 15) is 9.59 Å². The summed E-state index contributed by atoms with van der Waals surface area (Å²) in [6.07, 6.45) is 6.55. The molecule has 1 aromatic heterocycles. The maximum Gasteiger partial charge on any atom is 0.268 e. The number of benzene rings is 1. The normalized spacial score (nSPS) is 24.0. The van der Waals surface area contributed by atoms with Gasteiger partial charge in [-0.25, -0.2) is 0 Å². The van der Waals surface area contributed by atoms with Crippen LogP contribution in [-0.4, -0.2) is 17.9 Å². The Morgan fingerprint density at radius 3 is 2.56 bits per heavy atom. The summed E-state index contributed by atoms with van der Waals surface area (Å²) >= 11 is 1.54. The standard InChI is InChI=1S/C22H24N2O2S/c1-14-4-7-16(8-5-14)21(25)24-20(13-18-3-2-10-27-18)22(26)23-19-12-15-6-9-17(19)11-15/h2-5,7-8,10,13,15,17,19H,6,9,11-12H2,1H3,(H,23,26)(H,24,25)/b20-13-/t15-,17-,19-/m0/s1. The van der Waals surface area contributed by atoms with Gasteiger partial charge in [-0.05, 0) is 67.7 Å². The molecular formula is C22H24N2O2S. The maximum atomic E-state index is 12.9. The van der Waals surface area contributed by atoms with Gasteiger partial charge in [-0.15, -0.1) is 11.3 Å². The zero-order valence-corrected chi connectivity index (χ0v) is 16.2. The molecule has 2 aromatic rings. The van der Waals surface area contributed by atoms with Crippen LogP contribution in [0.3, 0.4) is 0 Å². The van der Waals surface area contributed by atoms with E-state index in [4.69, 9.17) is 0 Å². The first-order valence-electron chi connectivity index (χ1n) is 9.52. The van der Waals surface area contributed by atoms with Crippen LogP contribution in [-0.2, 0) is 4.79 Å². The van der Waals surface area contributed by atoms with Gasteiger partial charge in [-0.2, -0.15) is 0 Å². The molecule has 2 bridgehead atoms. The van der Waals surface area contributed by atoms with Gasteiger partial charge in [0.15, 0.2) is 0 Å². The first kappa shape index (κ1) is 18.0. The van der Waals surface area contributed by atoms with Gasteiger partial charge in [-0.3, -0.25) is 9.59 Å². The smallest absolute Gasteiger partial charge is 0.268 e. The Morgan fingerprint density at radius 2 is 1.93 bits per heavy atom. The highest BCUT2D eigenvalue weighted by Gasteiger charge is 2.40. The highest BCUT2D eigenvalue weighted by atomic mass is 32.1. The molecule has 2 saturated carbocycles. The average molecular weight is 381 g/mol. The quantitative estimate of drug-likeness (QED) is 0.766. The average Bonchev–Trinajstić information content (AvgIpc) is 3.40. The summed E-state index contributed by atoms with van der Waals surface area (Å²) in [6.45, 7) is 1.98. The minimum atomic E-state index is -0.263. The monoisotopic (exact) mass is 380 g/mol. The van der Waals surface area contributed by atoms with Crippen molar-refractivity contribution in [2.75, 3.05) is 0 Å². The lowest BCUT2D eigenvalue weighted by Crippen LogP contribution is -2.42. The van der Waals surface area contributed by atoms with E-state index >= 15 is 0 Å². The summed E-state index contributed by atoms with van der Waals surface area (Å²) in [5.41, 5.74) is 1.95. The van der Waals surface area contributed by atoms with Crippen molar-refractivity contribution in [2.24, 2.45) is 11.8 Å². The molecule has 0 aliphatic heterocycles. The predicted octanol–water partition coefficient (Wildman–Crippen LogP) is 4.13. The van der Waals surface area contributed by atoms with Crippen LogP contribution in [0.25, 0.3) is 6.08 Å². The Balaban J connectivity index is 1.51. The molecule has 0 spiro atoms. The third kappa shape index (κ3) is 4.14. The molecule has 0 radical (unpaired) electrons. The zero-order chi connectivity index (χ0) is 18.8. The Labute approximate surface area is 163 Å². The number of hydrogen-bond donors (Lipinski definition) is 2. The minimum Gasteiger partial charge on any atom is -0.348 e. The summed E-state index contributed by atoms with van der Waals surface area (Å²) in [5.74, 6) is 0.893. The van der Waals surface area contributed by atoms with Gasteiger partial charge in [0.05, 0.1) is 0 Å². The SMILES string of the molecule is Cc1ccc(C(=O)N/C(=C\c2cccs2)C(=O)N[C@H]2C[C@H]3CC[C@H]2C3)cc1. The molecule has 2 amide bonds. The van der Waals surface area contributed by atoms with Crippen molar-refractivity contribution in [3.8, 4) is 0 Å². The van der Waals surface area contributed by atoms with E-state index in [1.165, 1.54) is 19.3 Å². The summed E-state index contributed by atoms with van der Waals surface area (Å²) in [5, 5.41) is 7.95. The van der Waals surface area contributed by atoms with Crippen LogP contribution in [0.15, 0.2) is 47.5 Å². The third-order valence-corrected chi connectivity index (χ3v) is 6.51. The Morgan fingerprint density at radius 1 is 1.11 bits per heavy atom. The summed E-state index contributed by atoms with van der Waals surface area (Å²) < 4.78 is 0. The first-order valence-corrected chi connectivity index (χ1v) is 10.4. The lowest BCUT2D eigenvalue weighted by molar-refractivity contribution is -0.118. The van der Waals surface area contributed by atoms with Crippen molar-refractivity contribution in [3.05, 3.63) is 63.5 Å². The number of rotatable bonds is 5. The molecule has 4 nitrogen and oxygen atoms in total. The number of nitrogens with one attached hydrogen (secondary N) is 2. The van der Waals surface area contributed by atoms with E-state index < -0.39 is 0 Å². The van der Waals surface area contributed by atoms with Gasteiger partial charge in [-0.1, -0.05) is 30.2 Å². The van der Waals surface area contributed by atoms with E-state index in [0.29, 0.717) is 17.2 Å². The Bertz CT molecular complexity index is 855. The van der Waals surface area contributed by atoms with Crippen LogP contribution >= 0.6 is 11.3 Å². The molecule has 2 fully saturated rings. The van der Waals surface area contributed by atoms with Crippen molar-refractivity contribution in [2.45, 2.75) is 38.6 Å². The molecule has 0 unspecified atom stereocenters. The van der Waals surface area contributed by atoms with Crippen molar-refractivity contribution >= 4 is 29.2 Å². The molecule has 2 aliphatic rings. The number of carbonyl (C=O) groups is 2. The van der Waals surface area contributed by atoms with Gasteiger partial charge >= 0.3 is 0 Å². The second kappa shape index (κ2) is 7.69. The van der Waals surface area contributed by atoms with Gasteiger partial charge in [0, 0.05) is 16.5 Å². The zero-order valence-electron chi connectivity index (χ0n) is 15.4. The fraction of sp³-hybridized carbons (Fsp3) is 0.364. The van der Waals surface area contributed by atoms with E-state index in [2.05, 4.69) is 10.6 Å². The summed E-state index contributed by atoms with van der Waals surface area (Å²) in [7, 11) is 0. The maximum absolute atomic E-state index is 12.9. The summed E-state index contributed by atoms with van der Waals surface area (Å²) in [6, 6.07) is 11.5. The van der Waals surface area contributed by atoms with Crippen LogP contribution in [0.5, 0.6) is 0 Å². The number of carbonyl (C=O) groups excluding carboxylic acids is 2. The molecule has 4 rings (SSSR count). The first-order chi connectivity index (χ1) is 13.1. The van der Waals surface area contributed by atoms with Crippen LogP contribution < -0.4 is 10.6 Å². The third-order valence-electron chi connectivity index (χ3n) is 5.69. The lowest BCUT2D eigenvalue weighted by atomic mass is 9.95. The van der Waals surface area contributed by atoms with Crippen molar-refractivity contribution < 1.29 is 9.59 Å². The Kier molecular flexibility index (Phi) is 5.12. The van der Waals surface area contributed by atoms with Gasteiger partial charge < -0.3 is 10.6 Å².